The lowest BCUT2D eigenvalue weighted by Gasteiger charge is -2.22. The molecule has 1 aliphatic rings. The van der Waals surface area contributed by atoms with Gasteiger partial charge in [-0.25, -0.2) is 0 Å². The predicted octanol–water partition coefficient (Wildman–Crippen LogP) is 2.62. The number of benzene rings is 1. The molecule has 1 unspecified atom stereocenters. The number of ether oxygens (including phenoxy) is 3. The fourth-order valence-corrected chi connectivity index (χ4v) is 2.31. The van der Waals surface area contributed by atoms with Gasteiger partial charge in [0.1, 0.15) is 6.61 Å². The van der Waals surface area contributed by atoms with Gasteiger partial charge in [-0.2, -0.15) is 0 Å². The zero-order valence-electron chi connectivity index (χ0n) is 12.3. The molecule has 0 saturated carbocycles. The second-order valence-corrected chi connectivity index (χ2v) is 4.92. The SMILES string of the molecule is CCOc1ccccc1OCCNCC1CCCCO1. The van der Waals surface area contributed by atoms with Gasteiger partial charge in [0.25, 0.3) is 0 Å². The van der Waals surface area contributed by atoms with E-state index in [1.807, 2.05) is 31.2 Å². The van der Waals surface area contributed by atoms with Crippen molar-refractivity contribution >= 4 is 0 Å². The minimum absolute atomic E-state index is 0.375. The highest BCUT2D eigenvalue weighted by Gasteiger charge is 2.12. The summed E-state index contributed by atoms with van der Waals surface area (Å²) in [6.45, 7) is 5.90. The summed E-state index contributed by atoms with van der Waals surface area (Å²) in [5, 5.41) is 3.39. The maximum absolute atomic E-state index is 5.75. The molecular weight excluding hydrogens is 254 g/mol. The molecule has 1 saturated heterocycles. The Bertz CT molecular complexity index is 378. The summed E-state index contributed by atoms with van der Waals surface area (Å²) in [5.74, 6) is 1.62. The standard InChI is InChI=1S/C16H25NO3/c1-2-18-15-8-3-4-9-16(15)20-12-10-17-13-14-7-5-6-11-19-14/h3-4,8-9,14,17H,2,5-7,10-13H2,1H3. The van der Waals surface area contributed by atoms with Gasteiger partial charge in [0.05, 0.1) is 12.7 Å². The highest BCUT2D eigenvalue weighted by Crippen LogP contribution is 2.26. The Balaban J connectivity index is 1.63. The molecule has 4 heteroatoms. The van der Waals surface area contributed by atoms with Crippen LogP contribution in [0.5, 0.6) is 11.5 Å². The van der Waals surface area contributed by atoms with Crippen LogP contribution in [0.15, 0.2) is 24.3 Å². The highest BCUT2D eigenvalue weighted by molar-refractivity contribution is 5.39. The van der Waals surface area contributed by atoms with Crippen molar-refractivity contribution in [3.63, 3.8) is 0 Å². The van der Waals surface area contributed by atoms with Gasteiger partial charge >= 0.3 is 0 Å². The zero-order valence-corrected chi connectivity index (χ0v) is 12.3. The highest BCUT2D eigenvalue weighted by atomic mass is 16.5. The van der Waals surface area contributed by atoms with Crippen molar-refractivity contribution in [3.8, 4) is 11.5 Å². The van der Waals surface area contributed by atoms with E-state index in [1.165, 1.54) is 19.3 Å². The van der Waals surface area contributed by atoms with Crippen molar-refractivity contribution in [1.29, 1.82) is 0 Å². The average Bonchev–Trinajstić information content (AvgIpc) is 2.50. The molecule has 0 bridgehead atoms. The van der Waals surface area contributed by atoms with Gasteiger partial charge in [-0.1, -0.05) is 12.1 Å². The average molecular weight is 279 g/mol. The lowest BCUT2D eigenvalue weighted by Crippen LogP contribution is -2.33. The maximum atomic E-state index is 5.75. The van der Waals surface area contributed by atoms with E-state index in [-0.39, 0.29) is 0 Å². The summed E-state index contributed by atoms with van der Waals surface area (Å²) >= 11 is 0. The Morgan fingerprint density at radius 1 is 1.20 bits per heavy atom. The first-order chi connectivity index (χ1) is 9.90. The van der Waals surface area contributed by atoms with E-state index >= 15 is 0 Å². The molecule has 0 aromatic heterocycles. The van der Waals surface area contributed by atoms with Gasteiger partial charge < -0.3 is 19.5 Å². The molecule has 0 amide bonds. The van der Waals surface area contributed by atoms with Crippen LogP contribution in [0.25, 0.3) is 0 Å². The minimum atomic E-state index is 0.375. The maximum Gasteiger partial charge on any atom is 0.161 e. The van der Waals surface area contributed by atoms with Crippen molar-refractivity contribution in [3.05, 3.63) is 24.3 Å². The molecular formula is C16H25NO3. The van der Waals surface area contributed by atoms with Crippen molar-refractivity contribution in [2.75, 3.05) is 32.9 Å². The monoisotopic (exact) mass is 279 g/mol. The molecule has 4 nitrogen and oxygen atoms in total. The summed E-state index contributed by atoms with van der Waals surface area (Å²) in [4.78, 5) is 0. The topological polar surface area (TPSA) is 39.7 Å². The molecule has 2 rings (SSSR count). The van der Waals surface area contributed by atoms with E-state index in [1.54, 1.807) is 0 Å². The van der Waals surface area contributed by atoms with Crippen molar-refractivity contribution in [2.45, 2.75) is 32.3 Å². The van der Waals surface area contributed by atoms with Crippen molar-refractivity contribution in [1.82, 2.24) is 5.32 Å². The first-order valence-electron chi connectivity index (χ1n) is 7.57. The molecule has 0 radical (unpaired) electrons. The Morgan fingerprint density at radius 3 is 2.70 bits per heavy atom. The lowest BCUT2D eigenvalue weighted by molar-refractivity contribution is 0.0166. The molecule has 112 valence electrons. The summed E-state index contributed by atoms with van der Waals surface area (Å²) < 4.78 is 16.9. The van der Waals surface area contributed by atoms with E-state index in [0.29, 0.717) is 19.3 Å². The molecule has 1 atom stereocenters. The molecule has 20 heavy (non-hydrogen) atoms. The molecule has 1 fully saturated rings. The molecule has 1 N–H and O–H groups in total. The Morgan fingerprint density at radius 2 is 2.00 bits per heavy atom. The van der Waals surface area contributed by atoms with Crippen LogP contribution in [0.1, 0.15) is 26.2 Å². The van der Waals surface area contributed by atoms with E-state index < -0.39 is 0 Å². The third-order valence-electron chi connectivity index (χ3n) is 3.33. The van der Waals surface area contributed by atoms with Gasteiger partial charge in [0.2, 0.25) is 0 Å². The van der Waals surface area contributed by atoms with Gasteiger partial charge in [-0.3, -0.25) is 0 Å². The van der Waals surface area contributed by atoms with Crippen LogP contribution in [-0.4, -0.2) is 39.0 Å². The summed E-state index contributed by atoms with van der Waals surface area (Å²) in [6, 6.07) is 7.79. The fourth-order valence-electron chi connectivity index (χ4n) is 2.31. The van der Waals surface area contributed by atoms with Crippen LogP contribution in [0.3, 0.4) is 0 Å². The van der Waals surface area contributed by atoms with Crippen LogP contribution in [0.2, 0.25) is 0 Å². The van der Waals surface area contributed by atoms with E-state index in [2.05, 4.69) is 5.32 Å². The number of hydrogen-bond donors (Lipinski definition) is 1. The number of hydrogen-bond acceptors (Lipinski definition) is 4. The van der Waals surface area contributed by atoms with Gasteiger partial charge in [0.15, 0.2) is 11.5 Å². The fraction of sp³-hybridized carbons (Fsp3) is 0.625. The Labute approximate surface area is 121 Å². The summed E-state index contributed by atoms with van der Waals surface area (Å²) in [5.41, 5.74) is 0. The van der Waals surface area contributed by atoms with Crippen molar-refractivity contribution in [2.24, 2.45) is 0 Å². The first-order valence-corrected chi connectivity index (χ1v) is 7.57. The normalized spacial score (nSPS) is 18.8. The van der Waals surface area contributed by atoms with E-state index in [9.17, 15) is 0 Å². The lowest BCUT2D eigenvalue weighted by atomic mass is 10.1. The second-order valence-electron chi connectivity index (χ2n) is 4.92. The summed E-state index contributed by atoms with van der Waals surface area (Å²) in [7, 11) is 0. The van der Waals surface area contributed by atoms with Crippen LogP contribution in [0.4, 0.5) is 0 Å². The van der Waals surface area contributed by atoms with Crippen LogP contribution >= 0.6 is 0 Å². The summed E-state index contributed by atoms with van der Waals surface area (Å²) in [6.07, 6.45) is 4.03. The van der Waals surface area contributed by atoms with Crippen LogP contribution < -0.4 is 14.8 Å². The third-order valence-corrected chi connectivity index (χ3v) is 3.33. The van der Waals surface area contributed by atoms with E-state index in [0.717, 1.165) is 31.2 Å². The third kappa shape index (κ3) is 5.02. The van der Waals surface area contributed by atoms with Crippen LogP contribution in [0, 0.1) is 0 Å². The quantitative estimate of drug-likeness (QED) is 0.743. The molecule has 0 spiro atoms. The Kier molecular flexibility index (Phi) is 6.68. The zero-order chi connectivity index (χ0) is 14.0. The molecule has 0 aliphatic carbocycles. The molecule has 1 aromatic rings. The largest absolute Gasteiger partial charge is 0.490 e. The number of para-hydroxylation sites is 2. The number of rotatable bonds is 8. The molecule has 1 aromatic carbocycles. The Hall–Kier alpha value is -1.26. The first kappa shape index (κ1) is 15.1. The minimum Gasteiger partial charge on any atom is -0.490 e. The van der Waals surface area contributed by atoms with Crippen LogP contribution in [-0.2, 0) is 4.74 Å². The number of nitrogens with one attached hydrogen (secondary N) is 1. The second kappa shape index (κ2) is 8.82. The molecule has 1 aliphatic heterocycles. The van der Waals surface area contributed by atoms with Gasteiger partial charge in [0, 0.05) is 19.7 Å². The van der Waals surface area contributed by atoms with E-state index in [4.69, 9.17) is 14.2 Å². The van der Waals surface area contributed by atoms with Gasteiger partial charge in [-0.15, -0.1) is 0 Å². The smallest absolute Gasteiger partial charge is 0.161 e. The predicted molar refractivity (Wildman–Crippen MR) is 79.6 cm³/mol. The molecule has 1 heterocycles. The van der Waals surface area contributed by atoms with Crippen molar-refractivity contribution < 1.29 is 14.2 Å². The van der Waals surface area contributed by atoms with Gasteiger partial charge in [-0.05, 0) is 38.3 Å².